The Morgan fingerprint density at radius 1 is 1.11 bits per heavy atom. The summed E-state index contributed by atoms with van der Waals surface area (Å²) in [5.74, 6) is 0.534. The normalized spacial score (nSPS) is 12.0. The number of anilines is 1. The minimum absolute atomic E-state index is 0.0387. The molecule has 1 amide bonds. The lowest BCUT2D eigenvalue weighted by atomic mass is 10.1. The Morgan fingerprint density at radius 3 is 2.44 bits per heavy atom. The summed E-state index contributed by atoms with van der Waals surface area (Å²) >= 11 is 5.92. The van der Waals surface area contributed by atoms with Gasteiger partial charge in [-0.25, -0.2) is 4.68 Å². The van der Waals surface area contributed by atoms with E-state index in [9.17, 15) is 4.79 Å². The Bertz CT molecular complexity index is 916. The van der Waals surface area contributed by atoms with Gasteiger partial charge in [0.25, 0.3) is 0 Å². The number of nitrogens with zero attached hydrogens (tertiary/aromatic N) is 2. The van der Waals surface area contributed by atoms with Gasteiger partial charge in [0.15, 0.2) is 0 Å². The van der Waals surface area contributed by atoms with Crippen LogP contribution in [0.4, 0.5) is 5.82 Å². The molecule has 0 radical (unpaired) electrons. The largest absolute Gasteiger partial charge is 0.309 e. The van der Waals surface area contributed by atoms with Crippen molar-refractivity contribution in [3.63, 3.8) is 0 Å². The lowest BCUT2D eigenvalue weighted by Gasteiger charge is -2.15. The van der Waals surface area contributed by atoms with Crippen LogP contribution in [0.5, 0.6) is 0 Å². The van der Waals surface area contributed by atoms with Crippen molar-refractivity contribution in [2.45, 2.75) is 26.8 Å². The number of nitrogens with one attached hydrogen (secondary N) is 2. The number of aryl methyl sites for hydroxylation is 2. The van der Waals surface area contributed by atoms with E-state index in [1.54, 1.807) is 4.68 Å². The van der Waals surface area contributed by atoms with Crippen molar-refractivity contribution in [2.24, 2.45) is 0 Å². The Labute approximate surface area is 164 Å². The second-order valence-corrected chi connectivity index (χ2v) is 7.06. The molecule has 0 unspecified atom stereocenters. The molecule has 0 aliphatic heterocycles. The van der Waals surface area contributed by atoms with Crippen molar-refractivity contribution in [3.05, 3.63) is 76.4 Å². The van der Waals surface area contributed by atoms with Crippen LogP contribution in [-0.4, -0.2) is 22.2 Å². The van der Waals surface area contributed by atoms with Crippen LogP contribution in [0.1, 0.15) is 29.8 Å². The van der Waals surface area contributed by atoms with Gasteiger partial charge in [0.2, 0.25) is 5.91 Å². The molecule has 0 bridgehead atoms. The molecule has 2 aromatic carbocycles. The highest BCUT2D eigenvalue weighted by Gasteiger charge is 2.12. The Balaban J connectivity index is 1.64. The minimum Gasteiger partial charge on any atom is -0.309 e. The van der Waals surface area contributed by atoms with Crippen LogP contribution in [0.3, 0.4) is 0 Å². The van der Waals surface area contributed by atoms with Gasteiger partial charge in [0.05, 0.1) is 17.9 Å². The number of halogens is 1. The zero-order chi connectivity index (χ0) is 19.4. The number of amides is 1. The molecule has 27 heavy (non-hydrogen) atoms. The van der Waals surface area contributed by atoms with E-state index in [0.29, 0.717) is 10.8 Å². The van der Waals surface area contributed by atoms with E-state index in [0.717, 1.165) is 16.9 Å². The highest BCUT2D eigenvalue weighted by molar-refractivity contribution is 6.30. The van der Waals surface area contributed by atoms with Gasteiger partial charge in [-0.15, -0.1) is 0 Å². The van der Waals surface area contributed by atoms with Crippen LogP contribution in [0, 0.1) is 13.8 Å². The monoisotopic (exact) mass is 382 g/mol. The number of aromatic nitrogens is 2. The number of hydrogen-bond acceptors (Lipinski definition) is 3. The maximum absolute atomic E-state index is 12.4. The first-order valence-electron chi connectivity index (χ1n) is 8.85. The van der Waals surface area contributed by atoms with Crippen molar-refractivity contribution in [2.75, 3.05) is 11.9 Å². The van der Waals surface area contributed by atoms with E-state index < -0.39 is 0 Å². The molecule has 5 nitrogen and oxygen atoms in total. The number of carbonyl (C=O) groups excluding carboxylic acids is 1. The summed E-state index contributed by atoms with van der Waals surface area (Å²) in [6, 6.07) is 17.5. The molecule has 1 aromatic heterocycles. The Kier molecular flexibility index (Phi) is 5.94. The molecule has 0 saturated heterocycles. The second-order valence-electron chi connectivity index (χ2n) is 6.62. The molecular weight excluding hydrogens is 360 g/mol. The van der Waals surface area contributed by atoms with Gasteiger partial charge in [0, 0.05) is 17.1 Å². The Hall–Kier alpha value is -2.63. The molecule has 140 valence electrons. The maximum atomic E-state index is 12.4. The van der Waals surface area contributed by atoms with E-state index in [4.69, 9.17) is 11.6 Å². The molecule has 0 spiro atoms. The van der Waals surface area contributed by atoms with Crippen LogP contribution >= 0.6 is 11.6 Å². The SMILES string of the molecule is Cc1ccc(-n2nc(C)cc2NC(=O)CN[C@@H](C)c2ccc(Cl)cc2)cc1. The van der Waals surface area contributed by atoms with Gasteiger partial charge < -0.3 is 10.6 Å². The van der Waals surface area contributed by atoms with Gasteiger partial charge in [-0.3, -0.25) is 4.79 Å². The molecule has 6 heteroatoms. The maximum Gasteiger partial charge on any atom is 0.239 e. The third kappa shape index (κ3) is 4.96. The summed E-state index contributed by atoms with van der Waals surface area (Å²) in [6.45, 7) is 6.15. The van der Waals surface area contributed by atoms with Crippen molar-refractivity contribution in [1.82, 2.24) is 15.1 Å². The third-order valence-corrected chi connectivity index (χ3v) is 4.57. The van der Waals surface area contributed by atoms with Crippen LogP contribution in [0.2, 0.25) is 5.02 Å². The van der Waals surface area contributed by atoms with Crippen LogP contribution < -0.4 is 10.6 Å². The fourth-order valence-electron chi connectivity index (χ4n) is 2.77. The molecule has 0 saturated carbocycles. The summed E-state index contributed by atoms with van der Waals surface area (Å²) in [4.78, 5) is 12.4. The summed E-state index contributed by atoms with van der Waals surface area (Å²) < 4.78 is 1.75. The van der Waals surface area contributed by atoms with Crippen LogP contribution in [-0.2, 0) is 4.79 Å². The lowest BCUT2D eigenvalue weighted by Crippen LogP contribution is -2.30. The van der Waals surface area contributed by atoms with Gasteiger partial charge in [-0.1, -0.05) is 41.4 Å². The van der Waals surface area contributed by atoms with Crippen LogP contribution in [0.25, 0.3) is 5.69 Å². The third-order valence-electron chi connectivity index (χ3n) is 4.32. The highest BCUT2D eigenvalue weighted by atomic mass is 35.5. The number of rotatable bonds is 6. The molecule has 3 rings (SSSR count). The van der Waals surface area contributed by atoms with Crippen molar-refractivity contribution >= 4 is 23.3 Å². The summed E-state index contributed by atoms with van der Waals surface area (Å²) in [6.07, 6.45) is 0. The molecule has 0 fully saturated rings. The number of benzene rings is 2. The van der Waals surface area contributed by atoms with E-state index in [-0.39, 0.29) is 18.5 Å². The molecular formula is C21H23ClN4O. The van der Waals surface area contributed by atoms with Crippen LogP contribution in [0.15, 0.2) is 54.6 Å². The highest BCUT2D eigenvalue weighted by Crippen LogP contribution is 2.18. The van der Waals surface area contributed by atoms with Crippen molar-refractivity contribution in [3.8, 4) is 5.69 Å². The smallest absolute Gasteiger partial charge is 0.239 e. The predicted molar refractivity (Wildman–Crippen MR) is 110 cm³/mol. The molecule has 0 aliphatic carbocycles. The van der Waals surface area contributed by atoms with Gasteiger partial charge in [0.1, 0.15) is 5.82 Å². The average Bonchev–Trinajstić information content (AvgIpc) is 3.01. The quantitative estimate of drug-likeness (QED) is 0.663. The van der Waals surface area contributed by atoms with E-state index >= 15 is 0 Å². The number of carbonyl (C=O) groups is 1. The molecule has 0 aliphatic rings. The number of hydrogen-bond donors (Lipinski definition) is 2. The minimum atomic E-state index is -0.121. The fourth-order valence-corrected chi connectivity index (χ4v) is 2.90. The topological polar surface area (TPSA) is 59.0 Å². The molecule has 1 heterocycles. The molecule has 3 aromatic rings. The van der Waals surface area contributed by atoms with E-state index in [1.165, 1.54) is 5.56 Å². The van der Waals surface area contributed by atoms with Crippen molar-refractivity contribution in [1.29, 1.82) is 0 Å². The predicted octanol–water partition coefficient (Wildman–Crippen LogP) is 4.43. The van der Waals surface area contributed by atoms with Gasteiger partial charge in [-0.05, 0) is 50.6 Å². The summed E-state index contributed by atoms with van der Waals surface area (Å²) in [5.41, 5.74) is 4.00. The zero-order valence-electron chi connectivity index (χ0n) is 15.7. The summed E-state index contributed by atoms with van der Waals surface area (Å²) in [7, 11) is 0. The van der Waals surface area contributed by atoms with E-state index in [1.807, 2.05) is 75.4 Å². The first-order valence-corrected chi connectivity index (χ1v) is 9.22. The lowest BCUT2D eigenvalue weighted by molar-refractivity contribution is -0.115. The molecule has 1 atom stereocenters. The fraction of sp³-hybridized carbons (Fsp3) is 0.238. The van der Waals surface area contributed by atoms with E-state index in [2.05, 4.69) is 15.7 Å². The Morgan fingerprint density at radius 2 is 1.78 bits per heavy atom. The van der Waals surface area contributed by atoms with Crippen molar-refractivity contribution < 1.29 is 4.79 Å². The first kappa shape index (κ1) is 19.1. The van der Waals surface area contributed by atoms with Gasteiger partial charge in [-0.2, -0.15) is 5.10 Å². The van der Waals surface area contributed by atoms with Gasteiger partial charge >= 0.3 is 0 Å². The standard InChI is InChI=1S/C21H23ClN4O/c1-14-4-10-19(11-5-14)26-20(12-15(2)25-26)24-21(27)13-23-16(3)17-6-8-18(22)9-7-17/h4-12,16,23H,13H2,1-3H3,(H,24,27)/t16-/m0/s1. The second kappa shape index (κ2) is 8.37. The zero-order valence-corrected chi connectivity index (χ0v) is 16.4. The summed E-state index contributed by atoms with van der Waals surface area (Å²) in [5, 5.41) is 11.3. The first-order chi connectivity index (χ1) is 12.9. The average molecular weight is 383 g/mol. The molecule has 2 N–H and O–H groups in total.